The highest BCUT2D eigenvalue weighted by Crippen LogP contribution is 2.29. The van der Waals surface area contributed by atoms with E-state index in [4.69, 9.17) is 4.74 Å². The van der Waals surface area contributed by atoms with Gasteiger partial charge in [-0.3, -0.25) is 0 Å². The van der Waals surface area contributed by atoms with Crippen molar-refractivity contribution in [1.29, 1.82) is 0 Å². The summed E-state index contributed by atoms with van der Waals surface area (Å²) in [5, 5.41) is 3.30. The van der Waals surface area contributed by atoms with Crippen LogP contribution in [-0.4, -0.2) is 46.0 Å². The SMILES string of the molecule is COc1ccc(S(=O)(=O)N(C)C2CCCNCC2)cc1Br. The van der Waals surface area contributed by atoms with Gasteiger partial charge in [-0.15, -0.1) is 0 Å². The number of halogens is 1. The minimum Gasteiger partial charge on any atom is -0.496 e. The number of nitrogens with one attached hydrogen (secondary N) is 1. The van der Waals surface area contributed by atoms with Gasteiger partial charge in [0, 0.05) is 13.1 Å². The molecular weight excluding hydrogens is 356 g/mol. The van der Waals surface area contributed by atoms with Crippen LogP contribution >= 0.6 is 15.9 Å². The third kappa shape index (κ3) is 3.77. The minimum absolute atomic E-state index is 0.0471. The summed E-state index contributed by atoms with van der Waals surface area (Å²) in [6.07, 6.45) is 2.73. The molecule has 1 aliphatic heterocycles. The molecule has 1 aromatic rings. The van der Waals surface area contributed by atoms with Gasteiger partial charge < -0.3 is 10.1 Å². The van der Waals surface area contributed by atoms with Crippen LogP contribution in [0.3, 0.4) is 0 Å². The molecule has 1 unspecified atom stereocenters. The fourth-order valence-electron chi connectivity index (χ4n) is 2.53. The predicted octanol–water partition coefficient (Wildman–Crippen LogP) is 2.22. The molecule has 0 aliphatic carbocycles. The first-order valence-electron chi connectivity index (χ1n) is 6.99. The highest BCUT2D eigenvalue weighted by Gasteiger charge is 2.28. The highest BCUT2D eigenvalue weighted by molar-refractivity contribution is 9.10. The summed E-state index contributed by atoms with van der Waals surface area (Å²) < 4.78 is 32.8. The van der Waals surface area contributed by atoms with Crippen LogP contribution < -0.4 is 10.1 Å². The van der Waals surface area contributed by atoms with E-state index in [1.807, 2.05) is 0 Å². The zero-order valence-corrected chi connectivity index (χ0v) is 14.7. The Morgan fingerprint density at radius 1 is 1.33 bits per heavy atom. The molecule has 1 atom stereocenters. The van der Waals surface area contributed by atoms with E-state index in [0.29, 0.717) is 10.2 Å². The normalized spacial score (nSPS) is 20.3. The third-order valence-corrected chi connectivity index (χ3v) is 6.39. The van der Waals surface area contributed by atoms with Gasteiger partial charge in [-0.1, -0.05) is 0 Å². The molecular formula is C14H21BrN2O3S. The summed E-state index contributed by atoms with van der Waals surface area (Å²) in [6, 6.07) is 4.90. The Morgan fingerprint density at radius 2 is 2.10 bits per heavy atom. The lowest BCUT2D eigenvalue weighted by Gasteiger charge is -2.26. The van der Waals surface area contributed by atoms with Crippen molar-refractivity contribution in [1.82, 2.24) is 9.62 Å². The average Bonchev–Trinajstić information content (AvgIpc) is 2.75. The summed E-state index contributed by atoms with van der Waals surface area (Å²) in [4.78, 5) is 0.287. The Bertz CT molecular complexity index is 584. The highest BCUT2D eigenvalue weighted by atomic mass is 79.9. The minimum atomic E-state index is -3.48. The van der Waals surface area contributed by atoms with E-state index < -0.39 is 10.0 Å². The molecule has 21 heavy (non-hydrogen) atoms. The third-order valence-electron chi connectivity index (χ3n) is 3.86. The standard InChI is InChI=1S/C14H21BrN2O3S/c1-17(11-4-3-8-16-9-7-11)21(18,19)12-5-6-14(20-2)13(15)10-12/h5-6,10-11,16H,3-4,7-9H2,1-2H3. The van der Waals surface area contributed by atoms with Gasteiger partial charge in [0.2, 0.25) is 10.0 Å². The fourth-order valence-corrected chi connectivity index (χ4v) is 4.67. The Morgan fingerprint density at radius 3 is 2.76 bits per heavy atom. The first-order valence-corrected chi connectivity index (χ1v) is 9.22. The van der Waals surface area contributed by atoms with E-state index in [-0.39, 0.29) is 10.9 Å². The molecule has 2 rings (SSSR count). The Hall–Kier alpha value is -0.630. The van der Waals surface area contributed by atoms with Crippen LogP contribution in [0.1, 0.15) is 19.3 Å². The maximum Gasteiger partial charge on any atom is 0.243 e. The number of benzene rings is 1. The molecule has 118 valence electrons. The Balaban J connectivity index is 2.25. The topological polar surface area (TPSA) is 58.6 Å². The van der Waals surface area contributed by atoms with Crippen LogP contribution in [0.15, 0.2) is 27.6 Å². The summed E-state index contributed by atoms with van der Waals surface area (Å²) in [5.41, 5.74) is 0. The zero-order valence-electron chi connectivity index (χ0n) is 12.3. The van der Waals surface area contributed by atoms with Gasteiger partial charge in [0.05, 0.1) is 16.5 Å². The van der Waals surface area contributed by atoms with E-state index in [1.54, 1.807) is 32.4 Å². The molecule has 1 aromatic carbocycles. The number of hydrogen-bond donors (Lipinski definition) is 1. The lowest BCUT2D eigenvalue weighted by molar-refractivity contribution is 0.341. The van der Waals surface area contributed by atoms with E-state index in [1.165, 1.54) is 4.31 Å². The molecule has 0 spiro atoms. The second-order valence-electron chi connectivity index (χ2n) is 5.15. The quantitative estimate of drug-likeness (QED) is 0.874. The van der Waals surface area contributed by atoms with Crippen molar-refractivity contribution in [2.24, 2.45) is 0 Å². The van der Waals surface area contributed by atoms with Crippen LogP contribution in [0.4, 0.5) is 0 Å². The average molecular weight is 377 g/mol. The maximum absolute atomic E-state index is 12.7. The van der Waals surface area contributed by atoms with Crippen LogP contribution in [0.2, 0.25) is 0 Å². The van der Waals surface area contributed by atoms with Gasteiger partial charge in [-0.2, -0.15) is 4.31 Å². The van der Waals surface area contributed by atoms with E-state index in [9.17, 15) is 8.42 Å². The first kappa shape index (κ1) is 16.7. The van der Waals surface area contributed by atoms with Gasteiger partial charge in [0.1, 0.15) is 5.75 Å². The molecule has 1 N–H and O–H groups in total. The number of sulfonamides is 1. The number of ether oxygens (including phenoxy) is 1. The fraction of sp³-hybridized carbons (Fsp3) is 0.571. The van der Waals surface area contributed by atoms with Gasteiger partial charge in [0.25, 0.3) is 0 Å². The van der Waals surface area contributed by atoms with Crippen molar-refractivity contribution >= 4 is 26.0 Å². The number of nitrogens with zero attached hydrogens (tertiary/aromatic N) is 1. The molecule has 0 bridgehead atoms. The van der Waals surface area contributed by atoms with Gasteiger partial charge in [-0.25, -0.2) is 8.42 Å². The molecule has 1 heterocycles. The molecule has 0 saturated carbocycles. The van der Waals surface area contributed by atoms with Gasteiger partial charge in [-0.05, 0) is 66.5 Å². The van der Waals surface area contributed by atoms with Crippen molar-refractivity contribution in [3.05, 3.63) is 22.7 Å². The van der Waals surface area contributed by atoms with Crippen molar-refractivity contribution in [3.63, 3.8) is 0 Å². The zero-order chi connectivity index (χ0) is 15.5. The van der Waals surface area contributed by atoms with Gasteiger partial charge in [0.15, 0.2) is 0 Å². The largest absolute Gasteiger partial charge is 0.496 e. The van der Waals surface area contributed by atoms with Crippen molar-refractivity contribution in [2.75, 3.05) is 27.2 Å². The molecule has 1 fully saturated rings. The Kier molecular flexibility index (Phi) is 5.65. The predicted molar refractivity (Wildman–Crippen MR) is 86.2 cm³/mol. The van der Waals surface area contributed by atoms with E-state index in [2.05, 4.69) is 21.2 Å². The van der Waals surface area contributed by atoms with Gasteiger partial charge >= 0.3 is 0 Å². The summed E-state index contributed by atoms with van der Waals surface area (Å²) in [7, 11) is -0.258. The molecule has 5 nitrogen and oxygen atoms in total. The summed E-state index contributed by atoms with van der Waals surface area (Å²) >= 11 is 3.34. The van der Waals surface area contributed by atoms with Crippen molar-refractivity contribution < 1.29 is 13.2 Å². The van der Waals surface area contributed by atoms with Crippen LogP contribution in [-0.2, 0) is 10.0 Å². The van der Waals surface area contributed by atoms with Crippen molar-refractivity contribution in [3.8, 4) is 5.75 Å². The molecule has 1 saturated heterocycles. The smallest absolute Gasteiger partial charge is 0.243 e. The lowest BCUT2D eigenvalue weighted by Crippen LogP contribution is -2.37. The van der Waals surface area contributed by atoms with Crippen LogP contribution in [0.25, 0.3) is 0 Å². The second-order valence-corrected chi connectivity index (χ2v) is 8.00. The maximum atomic E-state index is 12.7. The molecule has 0 amide bonds. The molecule has 1 aliphatic rings. The second kappa shape index (κ2) is 7.09. The lowest BCUT2D eigenvalue weighted by atomic mass is 10.1. The van der Waals surface area contributed by atoms with Crippen LogP contribution in [0.5, 0.6) is 5.75 Å². The summed E-state index contributed by atoms with van der Waals surface area (Å²) in [6.45, 7) is 1.81. The van der Waals surface area contributed by atoms with Crippen molar-refractivity contribution in [2.45, 2.75) is 30.2 Å². The van der Waals surface area contributed by atoms with E-state index >= 15 is 0 Å². The van der Waals surface area contributed by atoms with Crippen LogP contribution in [0, 0.1) is 0 Å². The monoisotopic (exact) mass is 376 g/mol. The Labute approximate surface area is 134 Å². The number of rotatable bonds is 4. The molecule has 0 radical (unpaired) electrons. The van der Waals surface area contributed by atoms with E-state index in [0.717, 1.165) is 32.4 Å². The first-order chi connectivity index (χ1) is 9.96. The number of hydrogen-bond acceptors (Lipinski definition) is 4. The summed E-state index contributed by atoms with van der Waals surface area (Å²) in [5.74, 6) is 0.621. The number of methoxy groups -OCH3 is 1. The molecule has 7 heteroatoms. The molecule has 0 aromatic heterocycles.